The lowest BCUT2D eigenvalue weighted by molar-refractivity contribution is -0.121. The number of carbonyl (C=O) groups excluding carboxylic acids is 1. The molecular weight excluding hydrogens is 348 g/mol. The van der Waals surface area contributed by atoms with Gasteiger partial charge in [0.05, 0.1) is 6.54 Å². The van der Waals surface area contributed by atoms with E-state index >= 15 is 0 Å². The normalized spacial score (nSPS) is 16.7. The average molecular weight is 389 g/mol. The van der Waals surface area contributed by atoms with E-state index in [1.165, 1.54) is 25.7 Å². The molecule has 1 heterocycles. The summed E-state index contributed by atoms with van der Waals surface area (Å²) < 4.78 is 0. The first kappa shape index (κ1) is 24.0. The molecule has 0 saturated carbocycles. The zero-order valence-corrected chi connectivity index (χ0v) is 18.7. The lowest BCUT2D eigenvalue weighted by atomic mass is 10.1. The predicted molar refractivity (Wildman–Crippen MR) is 120 cm³/mol. The third-order valence-electron chi connectivity index (χ3n) is 5.42. The molecule has 28 heavy (non-hydrogen) atoms. The Morgan fingerprint density at radius 2 is 1.71 bits per heavy atom. The summed E-state index contributed by atoms with van der Waals surface area (Å²) in [6.45, 7) is 20.2. The number of nitrogens with zero attached hydrogens (tertiary/aromatic N) is 2. The molecule has 0 aliphatic carbocycles. The van der Waals surface area contributed by atoms with E-state index in [1.807, 2.05) is 40.8 Å². The second-order valence-electron chi connectivity index (χ2n) is 7.77. The van der Waals surface area contributed by atoms with E-state index in [9.17, 15) is 4.79 Å². The number of hydrogen-bond donors (Lipinski definition) is 2. The highest BCUT2D eigenvalue weighted by atomic mass is 16.2. The van der Waals surface area contributed by atoms with Gasteiger partial charge in [-0.05, 0) is 64.8 Å². The summed E-state index contributed by atoms with van der Waals surface area (Å²) in [6.07, 6.45) is 6.93. The van der Waals surface area contributed by atoms with Crippen LogP contribution in [0.3, 0.4) is 0 Å². The van der Waals surface area contributed by atoms with Crippen LogP contribution in [0.5, 0.6) is 0 Å². The molecule has 0 unspecified atom stereocenters. The Bertz CT molecular complexity index is 610. The van der Waals surface area contributed by atoms with Crippen molar-refractivity contribution in [2.75, 3.05) is 39.8 Å². The highest BCUT2D eigenvalue weighted by Gasteiger charge is 2.16. The van der Waals surface area contributed by atoms with Crippen LogP contribution in [0.1, 0.15) is 53.4 Å². The molecule has 5 nitrogen and oxygen atoms in total. The molecule has 0 aromatic heterocycles. The summed E-state index contributed by atoms with van der Waals surface area (Å²) in [5.41, 5.74) is 4.74. The van der Waals surface area contributed by atoms with Crippen molar-refractivity contribution in [3.8, 4) is 0 Å². The Hall–Kier alpha value is -2.01. The minimum absolute atomic E-state index is 0.0484. The zero-order valence-electron chi connectivity index (χ0n) is 18.7. The first-order valence-corrected chi connectivity index (χ1v) is 10.4. The van der Waals surface area contributed by atoms with Gasteiger partial charge in [0.25, 0.3) is 0 Å². The van der Waals surface area contributed by atoms with Gasteiger partial charge in [0.1, 0.15) is 0 Å². The van der Waals surface area contributed by atoms with Gasteiger partial charge in [-0.25, -0.2) is 0 Å². The molecule has 0 atom stereocenters. The number of amides is 1. The number of hydrogen-bond acceptors (Lipinski definition) is 4. The number of rotatable bonds is 10. The van der Waals surface area contributed by atoms with Crippen LogP contribution < -0.4 is 10.6 Å². The maximum atomic E-state index is 12.7. The highest BCUT2D eigenvalue weighted by Crippen LogP contribution is 2.17. The van der Waals surface area contributed by atoms with Crippen LogP contribution in [0.15, 0.2) is 47.5 Å². The van der Waals surface area contributed by atoms with Crippen LogP contribution in [-0.2, 0) is 4.79 Å². The second kappa shape index (κ2) is 12.4. The van der Waals surface area contributed by atoms with E-state index in [2.05, 4.69) is 33.6 Å². The van der Waals surface area contributed by atoms with E-state index in [0.29, 0.717) is 6.54 Å². The monoisotopic (exact) mass is 388 g/mol. The van der Waals surface area contributed by atoms with Crippen LogP contribution in [0.25, 0.3) is 0 Å². The number of likely N-dealkylation sites (tertiary alicyclic amines) is 1. The third kappa shape index (κ3) is 8.34. The maximum absolute atomic E-state index is 12.7. The number of likely N-dealkylation sites (N-methyl/N-ethyl adjacent to an activating group) is 1. The van der Waals surface area contributed by atoms with Gasteiger partial charge in [0.2, 0.25) is 5.91 Å². The Kier molecular flexibility index (Phi) is 10.7. The topological polar surface area (TPSA) is 47.6 Å². The SMILES string of the molecule is C=C(NCCN(C)C(=C)C)/C(C)=C(NC(=O)CN1CCCCCC1)/C(C)=C\C. The Labute approximate surface area is 172 Å². The number of allylic oxidation sites excluding steroid dienone is 4. The molecule has 0 bridgehead atoms. The molecule has 1 amide bonds. The third-order valence-corrected chi connectivity index (χ3v) is 5.42. The van der Waals surface area contributed by atoms with Crippen molar-refractivity contribution < 1.29 is 4.79 Å². The predicted octanol–water partition coefficient (Wildman–Crippen LogP) is 3.79. The quantitative estimate of drug-likeness (QED) is 0.559. The van der Waals surface area contributed by atoms with Gasteiger partial charge in [-0.2, -0.15) is 0 Å². The molecule has 2 N–H and O–H groups in total. The fourth-order valence-corrected chi connectivity index (χ4v) is 3.16. The smallest absolute Gasteiger partial charge is 0.238 e. The van der Waals surface area contributed by atoms with Gasteiger partial charge in [-0.1, -0.05) is 32.1 Å². The first-order chi connectivity index (χ1) is 13.3. The van der Waals surface area contributed by atoms with Crippen molar-refractivity contribution in [3.05, 3.63) is 47.5 Å². The lowest BCUT2D eigenvalue weighted by Crippen LogP contribution is -2.38. The van der Waals surface area contributed by atoms with E-state index < -0.39 is 0 Å². The summed E-state index contributed by atoms with van der Waals surface area (Å²) in [6, 6.07) is 0. The molecule has 0 aromatic carbocycles. The van der Waals surface area contributed by atoms with E-state index in [-0.39, 0.29) is 5.91 Å². The molecule has 1 aliphatic rings. The van der Waals surface area contributed by atoms with Crippen molar-refractivity contribution in [1.82, 2.24) is 20.4 Å². The highest BCUT2D eigenvalue weighted by molar-refractivity contribution is 5.81. The molecule has 0 radical (unpaired) electrons. The summed E-state index contributed by atoms with van der Waals surface area (Å²) in [5.74, 6) is 0.0484. The Morgan fingerprint density at radius 1 is 1.11 bits per heavy atom. The van der Waals surface area contributed by atoms with E-state index in [0.717, 1.165) is 54.4 Å². The lowest BCUT2D eigenvalue weighted by Gasteiger charge is -2.23. The van der Waals surface area contributed by atoms with Gasteiger partial charge >= 0.3 is 0 Å². The summed E-state index contributed by atoms with van der Waals surface area (Å²) >= 11 is 0. The standard InChI is InChI=1S/C23H40N4O/c1-8-19(4)23(20(5)21(6)24-13-16-26(7)18(2)3)25-22(28)17-27-14-11-9-10-12-15-27/h8,24H,2,6,9-17H2,1,3-5,7H3,(H,25,28)/b19-8-,23-20-. The fourth-order valence-electron chi connectivity index (χ4n) is 3.16. The minimum atomic E-state index is 0.0484. The largest absolute Gasteiger partial charge is 0.383 e. The molecule has 0 aromatic rings. The summed E-state index contributed by atoms with van der Waals surface area (Å²) in [7, 11) is 2.02. The van der Waals surface area contributed by atoms with Gasteiger partial charge in [-0.3, -0.25) is 9.69 Å². The molecule has 1 rings (SSSR count). The number of nitrogens with one attached hydrogen (secondary N) is 2. The molecule has 158 valence electrons. The van der Waals surface area contributed by atoms with Crippen molar-refractivity contribution in [2.45, 2.75) is 53.4 Å². The van der Waals surface area contributed by atoms with Gasteiger partial charge in [0.15, 0.2) is 0 Å². The van der Waals surface area contributed by atoms with Gasteiger partial charge < -0.3 is 15.5 Å². The molecule has 0 spiro atoms. The van der Waals surface area contributed by atoms with Crippen LogP contribution in [0.2, 0.25) is 0 Å². The minimum Gasteiger partial charge on any atom is -0.383 e. The second-order valence-corrected chi connectivity index (χ2v) is 7.77. The van der Waals surface area contributed by atoms with E-state index in [4.69, 9.17) is 0 Å². The zero-order chi connectivity index (χ0) is 21.1. The van der Waals surface area contributed by atoms with Crippen molar-refractivity contribution in [3.63, 3.8) is 0 Å². The molecular formula is C23H40N4O. The van der Waals surface area contributed by atoms with Crippen molar-refractivity contribution >= 4 is 5.91 Å². The maximum Gasteiger partial charge on any atom is 0.238 e. The van der Waals surface area contributed by atoms with Gasteiger partial charge in [0, 0.05) is 37.2 Å². The van der Waals surface area contributed by atoms with Gasteiger partial charge in [-0.15, -0.1) is 0 Å². The fraction of sp³-hybridized carbons (Fsp3) is 0.609. The Morgan fingerprint density at radius 3 is 2.25 bits per heavy atom. The van der Waals surface area contributed by atoms with Crippen LogP contribution in [0.4, 0.5) is 0 Å². The van der Waals surface area contributed by atoms with Crippen molar-refractivity contribution in [1.29, 1.82) is 0 Å². The summed E-state index contributed by atoms with van der Waals surface area (Å²) in [5, 5.41) is 6.51. The molecule has 1 saturated heterocycles. The Balaban J connectivity index is 2.74. The van der Waals surface area contributed by atoms with Crippen molar-refractivity contribution in [2.24, 2.45) is 0 Å². The summed E-state index contributed by atoms with van der Waals surface area (Å²) in [4.78, 5) is 17.0. The first-order valence-electron chi connectivity index (χ1n) is 10.4. The molecule has 5 heteroatoms. The van der Waals surface area contributed by atoms with Crippen LogP contribution >= 0.6 is 0 Å². The molecule has 1 fully saturated rings. The van der Waals surface area contributed by atoms with Crippen LogP contribution in [0, 0.1) is 0 Å². The number of carbonyl (C=O) groups is 1. The van der Waals surface area contributed by atoms with E-state index in [1.54, 1.807) is 0 Å². The average Bonchev–Trinajstić information content (AvgIpc) is 2.93. The molecule has 1 aliphatic heterocycles. The van der Waals surface area contributed by atoms with Crippen LogP contribution in [-0.4, -0.2) is 55.5 Å².